The maximum atomic E-state index is 10.3. The monoisotopic (exact) mass is 216 g/mol. The molecule has 1 rings (SSSR count). The molecule has 13 heavy (non-hydrogen) atoms. The molecule has 0 saturated carbocycles. The molecule has 1 aromatic rings. The van der Waals surface area contributed by atoms with Crippen LogP contribution >= 0.6 is 18.5 Å². The minimum atomic E-state index is -0.414. The van der Waals surface area contributed by atoms with Gasteiger partial charge in [0.25, 0.3) is 5.69 Å². The third-order valence-electron chi connectivity index (χ3n) is 1.41. The molecule has 0 aliphatic heterocycles. The normalized spacial score (nSPS) is 10.1. The van der Waals surface area contributed by atoms with E-state index < -0.39 is 4.92 Å². The molecule has 4 nitrogen and oxygen atoms in total. The van der Waals surface area contributed by atoms with Gasteiger partial charge in [-0.15, -0.1) is 18.5 Å². The molecule has 2 atom stereocenters. The molecular weight excluding hydrogens is 206 g/mol. The molecule has 1 aromatic carbocycles. The summed E-state index contributed by atoms with van der Waals surface area (Å²) in [6.07, 6.45) is 0. The van der Waals surface area contributed by atoms with E-state index in [0.717, 1.165) is 5.69 Å². The lowest BCUT2D eigenvalue weighted by Gasteiger charge is -2.08. The largest absolute Gasteiger partial charge is 0.376 e. The zero-order chi connectivity index (χ0) is 9.84. The molecular formula is C7H10N2O2P2. The van der Waals surface area contributed by atoms with Crippen LogP contribution in [0, 0.1) is 10.1 Å². The predicted octanol–water partition coefficient (Wildman–Crippen LogP) is 2.04. The van der Waals surface area contributed by atoms with Crippen LogP contribution in [0.1, 0.15) is 0 Å². The zero-order valence-electron chi connectivity index (χ0n) is 6.81. The summed E-state index contributed by atoms with van der Waals surface area (Å²) in [6.45, 7) is 0. The SMILES string of the molecule is O=[N+]([O-])c1ccc(NC(P)P)cc1. The summed E-state index contributed by atoms with van der Waals surface area (Å²) in [6, 6.07) is 6.30. The Morgan fingerprint density at radius 2 is 1.85 bits per heavy atom. The van der Waals surface area contributed by atoms with Crippen LogP contribution in [0.5, 0.6) is 0 Å². The van der Waals surface area contributed by atoms with E-state index in [0.29, 0.717) is 0 Å². The van der Waals surface area contributed by atoms with E-state index in [-0.39, 0.29) is 11.2 Å². The summed E-state index contributed by atoms with van der Waals surface area (Å²) in [7, 11) is 5.11. The second kappa shape index (κ2) is 4.50. The van der Waals surface area contributed by atoms with E-state index in [4.69, 9.17) is 0 Å². The molecule has 0 aliphatic carbocycles. The fraction of sp³-hybridized carbons (Fsp3) is 0.143. The van der Waals surface area contributed by atoms with Crippen molar-refractivity contribution in [3.8, 4) is 0 Å². The van der Waals surface area contributed by atoms with Gasteiger partial charge in [-0.05, 0) is 12.1 Å². The number of nitrogens with one attached hydrogen (secondary N) is 1. The van der Waals surface area contributed by atoms with Crippen molar-refractivity contribution in [1.82, 2.24) is 0 Å². The van der Waals surface area contributed by atoms with Gasteiger partial charge in [0.1, 0.15) is 0 Å². The molecule has 2 unspecified atom stereocenters. The maximum Gasteiger partial charge on any atom is 0.269 e. The highest BCUT2D eigenvalue weighted by Gasteiger charge is 2.03. The number of rotatable bonds is 3. The summed E-state index contributed by atoms with van der Waals surface area (Å²) >= 11 is 0. The van der Waals surface area contributed by atoms with E-state index in [9.17, 15) is 10.1 Å². The molecule has 0 amide bonds. The first-order valence-electron chi connectivity index (χ1n) is 3.62. The van der Waals surface area contributed by atoms with Gasteiger partial charge in [0.15, 0.2) is 0 Å². The number of nitro groups is 1. The number of hydrogen-bond acceptors (Lipinski definition) is 3. The van der Waals surface area contributed by atoms with Crippen LogP contribution < -0.4 is 5.32 Å². The van der Waals surface area contributed by atoms with Crippen LogP contribution in [-0.4, -0.2) is 10.4 Å². The highest BCUT2D eigenvalue weighted by atomic mass is 31.1. The van der Waals surface area contributed by atoms with Crippen molar-refractivity contribution in [1.29, 1.82) is 0 Å². The van der Waals surface area contributed by atoms with Crippen molar-refractivity contribution in [3.05, 3.63) is 34.4 Å². The van der Waals surface area contributed by atoms with Crippen molar-refractivity contribution in [3.63, 3.8) is 0 Å². The highest BCUT2D eigenvalue weighted by Crippen LogP contribution is 2.18. The van der Waals surface area contributed by atoms with Crippen LogP contribution in [0.4, 0.5) is 11.4 Å². The van der Waals surface area contributed by atoms with Crippen LogP contribution in [-0.2, 0) is 0 Å². The minimum Gasteiger partial charge on any atom is -0.376 e. The van der Waals surface area contributed by atoms with Crippen molar-refractivity contribution < 1.29 is 4.92 Å². The molecule has 0 saturated heterocycles. The Morgan fingerprint density at radius 3 is 2.23 bits per heavy atom. The van der Waals surface area contributed by atoms with Crippen molar-refractivity contribution in [2.45, 2.75) is 5.52 Å². The van der Waals surface area contributed by atoms with Gasteiger partial charge in [-0.3, -0.25) is 10.1 Å². The minimum absolute atomic E-state index is 0.106. The standard InChI is InChI=1S/C7H10N2O2P2/c10-9(11)6-3-1-5(2-4-6)8-7(12)13/h1-4,7-8H,12-13H2. The molecule has 70 valence electrons. The molecule has 1 N–H and O–H groups in total. The Kier molecular flexibility index (Phi) is 3.58. The lowest BCUT2D eigenvalue weighted by molar-refractivity contribution is -0.384. The van der Waals surface area contributed by atoms with Crippen LogP contribution in [0.3, 0.4) is 0 Å². The van der Waals surface area contributed by atoms with E-state index in [1.807, 2.05) is 0 Å². The van der Waals surface area contributed by atoms with Gasteiger partial charge < -0.3 is 5.32 Å². The summed E-state index contributed by atoms with van der Waals surface area (Å²) < 4.78 is 0. The molecule has 6 heteroatoms. The first-order chi connectivity index (χ1) is 6.09. The van der Waals surface area contributed by atoms with E-state index in [1.165, 1.54) is 12.1 Å². The van der Waals surface area contributed by atoms with E-state index in [2.05, 4.69) is 23.8 Å². The average Bonchev–Trinajstić information content (AvgIpc) is 2.04. The quantitative estimate of drug-likeness (QED) is 0.477. The summed E-state index contributed by atoms with van der Waals surface area (Å²) in [4.78, 5) is 9.90. The topological polar surface area (TPSA) is 55.2 Å². The van der Waals surface area contributed by atoms with Crippen molar-refractivity contribution in [2.75, 3.05) is 5.32 Å². The molecule has 0 fully saturated rings. The number of nitrogens with zero attached hydrogens (tertiary/aromatic N) is 1. The van der Waals surface area contributed by atoms with Crippen molar-refractivity contribution >= 4 is 29.9 Å². The summed E-state index contributed by atoms with van der Waals surface area (Å²) in [5.74, 6) is 0. The van der Waals surface area contributed by atoms with E-state index in [1.54, 1.807) is 12.1 Å². The lowest BCUT2D eigenvalue weighted by atomic mass is 10.3. The zero-order valence-corrected chi connectivity index (χ0v) is 9.11. The fourth-order valence-corrected chi connectivity index (χ4v) is 1.26. The number of benzene rings is 1. The third kappa shape index (κ3) is 3.25. The Labute approximate surface area is 80.7 Å². The van der Waals surface area contributed by atoms with Gasteiger partial charge in [0, 0.05) is 17.8 Å². The molecule has 0 aliphatic rings. The smallest absolute Gasteiger partial charge is 0.269 e. The van der Waals surface area contributed by atoms with Crippen molar-refractivity contribution in [2.24, 2.45) is 0 Å². The summed E-state index contributed by atoms with van der Waals surface area (Å²) in [5.41, 5.74) is 1.14. The first-order valence-corrected chi connectivity index (χ1v) is 4.95. The van der Waals surface area contributed by atoms with Gasteiger partial charge in [0.05, 0.1) is 10.4 Å². The van der Waals surface area contributed by atoms with Crippen LogP contribution in [0.2, 0.25) is 0 Å². The fourth-order valence-electron chi connectivity index (χ4n) is 0.872. The van der Waals surface area contributed by atoms with Gasteiger partial charge in [-0.25, -0.2) is 0 Å². The number of nitro benzene ring substituents is 1. The first kappa shape index (κ1) is 10.4. The van der Waals surface area contributed by atoms with Gasteiger partial charge in [-0.2, -0.15) is 0 Å². The number of hydrogen-bond donors (Lipinski definition) is 1. The highest BCUT2D eigenvalue weighted by molar-refractivity contribution is 7.38. The average molecular weight is 216 g/mol. The summed E-state index contributed by atoms with van der Waals surface area (Å²) in [5, 5.41) is 13.4. The molecule has 0 spiro atoms. The number of anilines is 1. The Hall–Kier alpha value is -0.720. The molecule has 0 heterocycles. The second-order valence-corrected chi connectivity index (χ2v) is 4.68. The number of non-ortho nitro benzene ring substituents is 1. The van der Waals surface area contributed by atoms with Gasteiger partial charge in [-0.1, -0.05) is 0 Å². The predicted molar refractivity (Wildman–Crippen MR) is 59.9 cm³/mol. The van der Waals surface area contributed by atoms with E-state index >= 15 is 0 Å². The van der Waals surface area contributed by atoms with Crippen LogP contribution in [0.25, 0.3) is 0 Å². The molecule has 0 bridgehead atoms. The Morgan fingerprint density at radius 1 is 1.31 bits per heavy atom. The second-order valence-electron chi connectivity index (χ2n) is 2.47. The Balaban J connectivity index is 2.75. The van der Waals surface area contributed by atoms with Crippen LogP contribution in [0.15, 0.2) is 24.3 Å². The molecule has 0 aromatic heterocycles. The molecule has 0 radical (unpaired) electrons. The maximum absolute atomic E-state index is 10.3. The van der Waals surface area contributed by atoms with Gasteiger partial charge >= 0.3 is 0 Å². The lowest BCUT2D eigenvalue weighted by Crippen LogP contribution is -2.02. The Bertz CT molecular complexity index is 300. The third-order valence-corrected chi connectivity index (χ3v) is 1.74. The van der Waals surface area contributed by atoms with Gasteiger partial charge in [0.2, 0.25) is 0 Å².